The first-order chi connectivity index (χ1) is 9.54. The van der Waals surface area contributed by atoms with Gasteiger partial charge in [0.15, 0.2) is 0 Å². The summed E-state index contributed by atoms with van der Waals surface area (Å²) in [6.45, 7) is 4.37. The van der Waals surface area contributed by atoms with Crippen LogP contribution in [-0.2, 0) is 9.59 Å². The minimum atomic E-state index is -0.925. The van der Waals surface area contributed by atoms with Crippen LogP contribution in [0.4, 0.5) is 4.39 Å². The molecule has 3 unspecified atom stereocenters. The molecule has 0 aromatic rings. The zero-order chi connectivity index (χ0) is 14.7. The number of allylic oxidation sites excluding steroid dienone is 2. The van der Waals surface area contributed by atoms with Crippen molar-refractivity contribution in [1.82, 2.24) is 4.90 Å². The summed E-state index contributed by atoms with van der Waals surface area (Å²) in [5.41, 5.74) is 0.870. The molecule has 2 aliphatic rings. The van der Waals surface area contributed by atoms with Gasteiger partial charge in [0.1, 0.15) is 0 Å². The second kappa shape index (κ2) is 6.20. The van der Waals surface area contributed by atoms with Gasteiger partial charge in [0.05, 0.1) is 18.5 Å². The van der Waals surface area contributed by atoms with E-state index in [0.29, 0.717) is 32.4 Å². The summed E-state index contributed by atoms with van der Waals surface area (Å²) < 4.78 is 12.4. The van der Waals surface area contributed by atoms with Crippen LogP contribution in [0.15, 0.2) is 24.3 Å². The number of alkyl halides is 1. The van der Waals surface area contributed by atoms with Crippen molar-refractivity contribution >= 4 is 11.9 Å². The van der Waals surface area contributed by atoms with Crippen molar-refractivity contribution in [2.24, 2.45) is 17.8 Å². The van der Waals surface area contributed by atoms with Crippen molar-refractivity contribution in [2.75, 3.05) is 19.8 Å². The molecular formula is C15H20FNO3. The van der Waals surface area contributed by atoms with Gasteiger partial charge in [0, 0.05) is 19.0 Å². The first-order valence-corrected chi connectivity index (χ1v) is 6.94. The average molecular weight is 281 g/mol. The highest BCUT2D eigenvalue weighted by Crippen LogP contribution is 2.31. The van der Waals surface area contributed by atoms with Gasteiger partial charge in [0.25, 0.3) is 0 Å². The number of likely N-dealkylation sites (tertiary alicyclic amines) is 1. The number of aliphatic carboxylic acids is 1. The highest BCUT2D eigenvalue weighted by Gasteiger charge is 2.39. The van der Waals surface area contributed by atoms with Crippen LogP contribution < -0.4 is 0 Å². The van der Waals surface area contributed by atoms with Gasteiger partial charge in [0.2, 0.25) is 5.91 Å². The molecule has 1 N–H and O–H groups in total. The van der Waals surface area contributed by atoms with Crippen molar-refractivity contribution in [3.8, 4) is 0 Å². The first kappa shape index (κ1) is 14.8. The van der Waals surface area contributed by atoms with Gasteiger partial charge >= 0.3 is 5.97 Å². The Balaban J connectivity index is 2.05. The van der Waals surface area contributed by atoms with Crippen LogP contribution in [0.5, 0.6) is 0 Å². The van der Waals surface area contributed by atoms with Gasteiger partial charge in [-0.15, -0.1) is 0 Å². The number of amides is 1. The minimum Gasteiger partial charge on any atom is -0.481 e. The molecule has 1 saturated heterocycles. The predicted molar refractivity (Wildman–Crippen MR) is 72.8 cm³/mol. The van der Waals surface area contributed by atoms with E-state index in [9.17, 15) is 19.1 Å². The molecule has 1 fully saturated rings. The lowest BCUT2D eigenvalue weighted by Crippen LogP contribution is -2.40. The largest absolute Gasteiger partial charge is 0.481 e. The SMILES string of the molecule is C=C1CN(C(=O)C2CC=CCC2C(=O)O)CC1CCF. The monoisotopic (exact) mass is 281 g/mol. The lowest BCUT2D eigenvalue weighted by atomic mass is 9.82. The summed E-state index contributed by atoms with van der Waals surface area (Å²) in [5, 5.41) is 9.22. The fourth-order valence-corrected chi connectivity index (χ4v) is 3.02. The fraction of sp³-hybridized carbons (Fsp3) is 0.600. The van der Waals surface area contributed by atoms with Crippen LogP contribution in [0, 0.1) is 17.8 Å². The van der Waals surface area contributed by atoms with Crippen LogP contribution in [0.3, 0.4) is 0 Å². The topological polar surface area (TPSA) is 57.6 Å². The second-order valence-corrected chi connectivity index (χ2v) is 5.55. The van der Waals surface area contributed by atoms with E-state index in [1.807, 2.05) is 12.2 Å². The van der Waals surface area contributed by atoms with E-state index in [-0.39, 0.29) is 11.8 Å². The molecule has 0 aromatic carbocycles. The molecule has 1 amide bonds. The standard InChI is InChI=1S/C15H20FNO3/c1-10-8-17(9-11(10)6-7-16)14(18)12-4-2-3-5-13(12)15(19)20/h2-3,11-13H,1,4-9H2,(H,19,20). The smallest absolute Gasteiger partial charge is 0.307 e. The lowest BCUT2D eigenvalue weighted by molar-refractivity contribution is -0.150. The van der Waals surface area contributed by atoms with Crippen LogP contribution >= 0.6 is 0 Å². The van der Waals surface area contributed by atoms with Crippen molar-refractivity contribution in [3.63, 3.8) is 0 Å². The number of carboxylic acids is 1. The Morgan fingerprint density at radius 3 is 2.60 bits per heavy atom. The van der Waals surface area contributed by atoms with E-state index in [0.717, 1.165) is 5.57 Å². The van der Waals surface area contributed by atoms with Crippen molar-refractivity contribution in [2.45, 2.75) is 19.3 Å². The number of carboxylic acid groups (broad SMARTS) is 1. The Morgan fingerprint density at radius 1 is 1.35 bits per heavy atom. The normalized spacial score (nSPS) is 29.8. The van der Waals surface area contributed by atoms with Crippen LogP contribution in [0.2, 0.25) is 0 Å². The summed E-state index contributed by atoms with van der Waals surface area (Å²) in [7, 11) is 0. The van der Waals surface area contributed by atoms with Crippen molar-refractivity contribution in [1.29, 1.82) is 0 Å². The molecule has 2 rings (SSSR count). The zero-order valence-corrected chi connectivity index (χ0v) is 11.4. The molecule has 110 valence electrons. The summed E-state index contributed by atoms with van der Waals surface area (Å²) in [6, 6.07) is 0. The van der Waals surface area contributed by atoms with E-state index >= 15 is 0 Å². The lowest BCUT2D eigenvalue weighted by Gasteiger charge is -2.28. The number of nitrogens with zero attached hydrogens (tertiary/aromatic N) is 1. The van der Waals surface area contributed by atoms with E-state index in [1.165, 1.54) is 0 Å². The summed E-state index contributed by atoms with van der Waals surface area (Å²) >= 11 is 0. The molecule has 0 aromatic heterocycles. The van der Waals surface area contributed by atoms with E-state index < -0.39 is 24.5 Å². The Labute approximate surface area is 118 Å². The molecule has 3 atom stereocenters. The molecule has 0 bridgehead atoms. The van der Waals surface area contributed by atoms with E-state index in [2.05, 4.69) is 6.58 Å². The Morgan fingerprint density at radius 2 is 2.00 bits per heavy atom. The van der Waals surface area contributed by atoms with E-state index in [1.54, 1.807) is 4.90 Å². The number of rotatable bonds is 4. The quantitative estimate of drug-likeness (QED) is 0.802. The predicted octanol–water partition coefficient (Wildman–Crippen LogP) is 2.03. The van der Waals surface area contributed by atoms with Gasteiger partial charge in [-0.25, -0.2) is 0 Å². The van der Waals surface area contributed by atoms with Crippen molar-refractivity contribution in [3.05, 3.63) is 24.3 Å². The van der Waals surface area contributed by atoms with Crippen LogP contribution in [0.1, 0.15) is 19.3 Å². The van der Waals surface area contributed by atoms with Gasteiger partial charge in [-0.1, -0.05) is 24.3 Å². The van der Waals surface area contributed by atoms with Crippen molar-refractivity contribution < 1.29 is 19.1 Å². The zero-order valence-electron chi connectivity index (χ0n) is 11.4. The summed E-state index contributed by atoms with van der Waals surface area (Å²) in [6.07, 6.45) is 4.93. The summed E-state index contributed by atoms with van der Waals surface area (Å²) in [4.78, 5) is 25.4. The van der Waals surface area contributed by atoms with Gasteiger partial charge < -0.3 is 10.0 Å². The highest BCUT2D eigenvalue weighted by atomic mass is 19.1. The molecular weight excluding hydrogens is 261 g/mol. The second-order valence-electron chi connectivity index (χ2n) is 5.55. The first-order valence-electron chi connectivity index (χ1n) is 6.94. The molecule has 1 aliphatic heterocycles. The Hall–Kier alpha value is -1.65. The number of carbonyl (C=O) groups is 2. The van der Waals surface area contributed by atoms with Gasteiger partial charge in [-0.3, -0.25) is 14.0 Å². The Kier molecular flexibility index (Phi) is 4.57. The van der Waals surface area contributed by atoms with Gasteiger partial charge in [-0.05, 0) is 19.3 Å². The molecule has 5 heteroatoms. The maximum atomic E-state index is 12.5. The number of carbonyl (C=O) groups excluding carboxylic acids is 1. The molecule has 0 radical (unpaired) electrons. The number of halogens is 1. The third kappa shape index (κ3) is 2.92. The molecule has 1 heterocycles. The van der Waals surface area contributed by atoms with Crippen LogP contribution in [0.25, 0.3) is 0 Å². The number of hydrogen-bond acceptors (Lipinski definition) is 2. The average Bonchev–Trinajstić information content (AvgIpc) is 2.80. The van der Waals surface area contributed by atoms with E-state index in [4.69, 9.17) is 0 Å². The fourth-order valence-electron chi connectivity index (χ4n) is 3.02. The summed E-state index contributed by atoms with van der Waals surface area (Å²) in [5.74, 6) is -2.21. The van der Waals surface area contributed by atoms with Gasteiger partial charge in [-0.2, -0.15) is 0 Å². The highest BCUT2D eigenvalue weighted by molar-refractivity contribution is 5.85. The van der Waals surface area contributed by atoms with Crippen LogP contribution in [-0.4, -0.2) is 41.6 Å². The molecule has 20 heavy (non-hydrogen) atoms. The Bertz CT molecular complexity index is 446. The molecule has 0 spiro atoms. The molecule has 4 nitrogen and oxygen atoms in total. The third-order valence-electron chi connectivity index (χ3n) is 4.25. The molecule has 1 aliphatic carbocycles. The maximum Gasteiger partial charge on any atom is 0.307 e. The molecule has 0 saturated carbocycles. The third-order valence-corrected chi connectivity index (χ3v) is 4.25. The minimum absolute atomic E-state index is 0.00589. The number of hydrogen-bond donors (Lipinski definition) is 1. The maximum absolute atomic E-state index is 12.5.